The summed E-state index contributed by atoms with van der Waals surface area (Å²) in [5, 5.41) is 0. The van der Waals surface area contributed by atoms with Crippen molar-refractivity contribution in [3.63, 3.8) is 0 Å². The van der Waals surface area contributed by atoms with Gasteiger partial charge in [-0.15, -0.1) is 0 Å². The number of hydrogen-bond donors (Lipinski definition) is 0. The predicted octanol–water partition coefficient (Wildman–Crippen LogP) is 3.04. The van der Waals surface area contributed by atoms with Crippen molar-refractivity contribution in [3.8, 4) is 5.75 Å². The van der Waals surface area contributed by atoms with Gasteiger partial charge in [-0.3, -0.25) is 0 Å². The molecule has 0 aromatic heterocycles. The molecule has 25 heavy (non-hydrogen) atoms. The van der Waals surface area contributed by atoms with Crippen molar-refractivity contribution in [1.29, 1.82) is 0 Å². The second kappa shape index (κ2) is 7.12. The molecule has 2 aliphatic rings. The van der Waals surface area contributed by atoms with Crippen LogP contribution in [0.15, 0.2) is 18.2 Å². The summed E-state index contributed by atoms with van der Waals surface area (Å²) in [5.74, 6) is 0.849. The van der Waals surface area contributed by atoms with Gasteiger partial charge in [0.2, 0.25) is 0 Å². The SMILES string of the molecule is C[C@@H]1COCCN1c1ccc2c(c1)OCCN(C(=O)OC(C)(C)C)C2. The lowest BCUT2D eigenvalue weighted by Crippen LogP contribution is -2.43. The second-order valence-corrected chi connectivity index (χ2v) is 7.66. The van der Waals surface area contributed by atoms with E-state index in [0.717, 1.165) is 36.8 Å². The Balaban J connectivity index is 1.75. The molecule has 1 fully saturated rings. The Morgan fingerprint density at radius 1 is 1.24 bits per heavy atom. The lowest BCUT2D eigenvalue weighted by Gasteiger charge is -2.35. The molecule has 0 N–H and O–H groups in total. The van der Waals surface area contributed by atoms with E-state index in [1.807, 2.05) is 20.8 Å². The topological polar surface area (TPSA) is 51.2 Å². The van der Waals surface area contributed by atoms with E-state index < -0.39 is 5.60 Å². The average molecular weight is 348 g/mol. The maximum Gasteiger partial charge on any atom is 0.410 e. The molecule has 0 aliphatic carbocycles. The van der Waals surface area contributed by atoms with Gasteiger partial charge < -0.3 is 24.0 Å². The van der Waals surface area contributed by atoms with Crippen LogP contribution in [0.1, 0.15) is 33.3 Å². The van der Waals surface area contributed by atoms with Crippen LogP contribution in [-0.4, -0.2) is 55.5 Å². The number of rotatable bonds is 1. The zero-order valence-electron chi connectivity index (χ0n) is 15.6. The number of carbonyl (C=O) groups excluding carboxylic acids is 1. The van der Waals surface area contributed by atoms with Crippen molar-refractivity contribution in [2.24, 2.45) is 0 Å². The third-order valence-electron chi connectivity index (χ3n) is 4.38. The highest BCUT2D eigenvalue weighted by Gasteiger charge is 2.26. The Labute approximate surface area is 149 Å². The summed E-state index contributed by atoms with van der Waals surface area (Å²) in [7, 11) is 0. The van der Waals surface area contributed by atoms with E-state index in [-0.39, 0.29) is 6.09 Å². The second-order valence-electron chi connectivity index (χ2n) is 7.66. The monoisotopic (exact) mass is 348 g/mol. The normalized spacial score (nSPS) is 21.2. The van der Waals surface area contributed by atoms with Gasteiger partial charge in [-0.2, -0.15) is 0 Å². The summed E-state index contributed by atoms with van der Waals surface area (Å²) in [6.45, 7) is 11.7. The summed E-state index contributed by atoms with van der Waals surface area (Å²) in [4.78, 5) is 16.4. The predicted molar refractivity (Wildman–Crippen MR) is 96.2 cm³/mol. The smallest absolute Gasteiger partial charge is 0.410 e. The molecule has 2 heterocycles. The van der Waals surface area contributed by atoms with Crippen molar-refractivity contribution in [3.05, 3.63) is 23.8 Å². The van der Waals surface area contributed by atoms with Crippen molar-refractivity contribution in [1.82, 2.24) is 4.90 Å². The summed E-state index contributed by atoms with van der Waals surface area (Å²) >= 11 is 0. The van der Waals surface area contributed by atoms with Crippen LogP contribution in [-0.2, 0) is 16.0 Å². The Bertz CT molecular complexity index is 626. The van der Waals surface area contributed by atoms with Crippen LogP contribution < -0.4 is 9.64 Å². The van der Waals surface area contributed by atoms with Gasteiger partial charge in [0, 0.05) is 29.9 Å². The molecule has 1 aromatic carbocycles. The van der Waals surface area contributed by atoms with E-state index in [0.29, 0.717) is 25.7 Å². The van der Waals surface area contributed by atoms with E-state index in [1.54, 1.807) is 4.90 Å². The third kappa shape index (κ3) is 4.37. The lowest BCUT2D eigenvalue weighted by molar-refractivity contribution is 0.0225. The van der Waals surface area contributed by atoms with Crippen LogP contribution in [0.2, 0.25) is 0 Å². The van der Waals surface area contributed by atoms with Gasteiger partial charge in [-0.05, 0) is 33.8 Å². The standard InChI is InChI=1S/C19H28N2O4/c1-14-13-23-9-8-21(14)16-6-5-15-12-20(7-10-24-17(15)11-16)18(22)25-19(2,3)4/h5-6,11,14H,7-10,12-13H2,1-4H3/t14-/m1/s1. The first-order valence-electron chi connectivity index (χ1n) is 8.91. The molecular weight excluding hydrogens is 320 g/mol. The van der Waals surface area contributed by atoms with E-state index in [1.165, 1.54) is 0 Å². The molecule has 1 aromatic rings. The van der Waals surface area contributed by atoms with Crippen LogP contribution in [0.5, 0.6) is 5.75 Å². The van der Waals surface area contributed by atoms with Crippen molar-refractivity contribution in [2.75, 3.05) is 37.8 Å². The Morgan fingerprint density at radius 3 is 2.76 bits per heavy atom. The molecular formula is C19H28N2O4. The Kier molecular flexibility index (Phi) is 5.08. The van der Waals surface area contributed by atoms with Gasteiger partial charge in [-0.1, -0.05) is 6.07 Å². The van der Waals surface area contributed by atoms with Crippen molar-refractivity contribution < 1.29 is 19.0 Å². The Morgan fingerprint density at radius 2 is 2.04 bits per heavy atom. The van der Waals surface area contributed by atoms with Crippen LogP contribution in [0.25, 0.3) is 0 Å². The van der Waals surface area contributed by atoms with E-state index in [4.69, 9.17) is 14.2 Å². The quantitative estimate of drug-likeness (QED) is 0.781. The molecule has 0 spiro atoms. The number of carbonyl (C=O) groups is 1. The van der Waals surface area contributed by atoms with Gasteiger partial charge >= 0.3 is 6.09 Å². The van der Waals surface area contributed by atoms with Gasteiger partial charge in [0.25, 0.3) is 0 Å². The number of nitrogens with zero attached hydrogens (tertiary/aromatic N) is 2. The van der Waals surface area contributed by atoms with E-state index in [9.17, 15) is 4.79 Å². The Hall–Kier alpha value is -1.95. The fraction of sp³-hybridized carbons (Fsp3) is 0.632. The third-order valence-corrected chi connectivity index (χ3v) is 4.38. The maximum atomic E-state index is 12.4. The zero-order valence-corrected chi connectivity index (χ0v) is 15.6. The molecule has 1 amide bonds. The fourth-order valence-electron chi connectivity index (χ4n) is 3.13. The van der Waals surface area contributed by atoms with Crippen LogP contribution >= 0.6 is 0 Å². The molecule has 2 aliphatic heterocycles. The first kappa shape index (κ1) is 17.9. The summed E-state index contributed by atoms with van der Waals surface area (Å²) in [5.41, 5.74) is 1.65. The van der Waals surface area contributed by atoms with Crippen molar-refractivity contribution >= 4 is 11.8 Å². The summed E-state index contributed by atoms with van der Waals surface area (Å²) in [6.07, 6.45) is -0.296. The van der Waals surface area contributed by atoms with Crippen molar-refractivity contribution in [2.45, 2.75) is 45.9 Å². The first-order chi connectivity index (χ1) is 11.8. The van der Waals surface area contributed by atoms with Crippen LogP contribution in [0.4, 0.5) is 10.5 Å². The minimum absolute atomic E-state index is 0.296. The fourth-order valence-corrected chi connectivity index (χ4v) is 3.13. The van der Waals surface area contributed by atoms with Gasteiger partial charge in [0.15, 0.2) is 0 Å². The number of fused-ring (bicyclic) bond motifs is 1. The highest BCUT2D eigenvalue weighted by molar-refractivity contribution is 5.68. The lowest BCUT2D eigenvalue weighted by atomic mass is 10.1. The molecule has 1 atom stereocenters. The number of hydrogen-bond acceptors (Lipinski definition) is 5. The average Bonchev–Trinajstić information content (AvgIpc) is 2.75. The maximum absolute atomic E-state index is 12.4. The first-order valence-corrected chi connectivity index (χ1v) is 8.91. The van der Waals surface area contributed by atoms with E-state index >= 15 is 0 Å². The molecule has 0 saturated carbocycles. The highest BCUT2D eigenvalue weighted by Crippen LogP contribution is 2.30. The number of morpholine rings is 1. The molecule has 138 valence electrons. The van der Waals surface area contributed by atoms with Gasteiger partial charge in [-0.25, -0.2) is 4.79 Å². The van der Waals surface area contributed by atoms with Gasteiger partial charge in [0.05, 0.1) is 26.3 Å². The molecule has 6 heteroatoms. The molecule has 0 unspecified atom stereocenters. The molecule has 0 bridgehead atoms. The number of ether oxygens (including phenoxy) is 3. The number of amides is 1. The highest BCUT2D eigenvalue weighted by atomic mass is 16.6. The van der Waals surface area contributed by atoms with E-state index in [2.05, 4.69) is 30.0 Å². The molecule has 6 nitrogen and oxygen atoms in total. The molecule has 3 rings (SSSR count). The minimum Gasteiger partial charge on any atom is -0.491 e. The molecule has 1 saturated heterocycles. The summed E-state index contributed by atoms with van der Waals surface area (Å²) in [6, 6.07) is 6.57. The molecule has 0 radical (unpaired) electrons. The zero-order chi connectivity index (χ0) is 18.0. The summed E-state index contributed by atoms with van der Waals surface area (Å²) < 4.78 is 16.9. The number of benzene rings is 1. The van der Waals surface area contributed by atoms with Crippen LogP contribution in [0, 0.1) is 0 Å². The number of anilines is 1. The van der Waals surface area contributed by atoms with Gasteiger partial charge in [0.1, 0.15) is 18.0 Å². The minimum atomic E-state index is -0.497. The largest absolute Gasteiger partial charge is 0.491 e. The van der Waals surface area contributed by atoms with Crippen LogP contribution in [0.3, 0.4) is 0 Å².